The minimum Gasteiger partial charge on any atom is -0.392 e. The zero-order valence-corrected chi connectivity index (χ0v) is 8.01. The number of nitrogens with zero attached hydrogens (tertiary/aromatic N) is 1. The van der Waals surface area contributed by atoms with Crippen molar-refractivity contribution in [1.82, 2.24) is 4.90 Å². The molecule has 0 amide bonds. The molecular formula is C9H21NO. The molecule has 2 nitrogen and oxygen atoms in total. The van der Waals surface area contributed by atoms with E-state index < -0.39 is 0 Å². The lowest BCUT2D eigenvalue weighted by molar-refractivity contribution is 0.126. The maximum atomic E-state index is 9.13. The molecule has 11 heavy (non-hydrogen) atoms. The summed E-state index contributed by atoms with van der Waals surface area (Å²) >= 11 is 0. The molecule has 0 fully saturated rings. The lowest BCUT2D eigenvalue weighted by atomic mass is 10.3. The average molecular weight is 159 g/mol. The zero-order chi connectivity index (χ0) is 8.69. The maximum absolute atomic E-state index is 9.13. The van der Waals surface area contributed by atoms with E-state index in [2.05, 4.69) is 18.7 Å². The molecule has 0 radical (unpaired) electrons. The Labute approximate surface area is 70.2 Å². The summed E-state index contributed by atoms with van der Waals surface area (Å²) in [5, 5.41) is 9.13. The summed E-state index contributed by atoms with van der Waals surface area (Å²) in [6.45, 7) is 9.23. The molecule has 0 aliphatic heterocycles. The Balaban J connectivity index is 3.50. The van der Waals surface area contributed by atoms with Gasteiger partial charge in [-0.2, -0.15) is 0 Å². The van der Waals surface area contributed by atoms with Crippen LogP contribution < -0.4 is 0 Å². The Kier molecular flexibility index (Phi) is 6.57. The summed E-state index contributed by atoms with van der Waals surface area (Å²) in [5.74, 6) is 0. The standard InChI is InChI=1S/C9H21NO/c1-4-6-10(7-5-2)8-9(3)11/h9,11H,4-8H2,1-3H3/t9-/m0/s1. The first-order valence-corrected chi connectivity index (χ1v) is 4.61. The Hall–Kier alpha value is -0.0800. The number of rotatable bonds is 6. The van der Waals surface area contributed by atoms with E-state index in [0.717, 1.165) is 19.6 Å². The molecular weight excluding hydrogens is 138 g/mol. The van der Waals surface area contributed by atoms with Crippen LogP contribution in [-0.2, 0) is 0 Å². The van der Waals surface area contributed by atoms with Gasteiger partial charge in [0.25, 0.3) is 0 Å². The van der Waals surface area contributed by atoms with Gasteiger partial charge >= 0.3 is 0 Å². The SMILES string of the molecule is CCCN(CCC)C[C@H](C)O. The first kappa shape index (κ1) is 10.9. The number of hydrogen-bond acceptors (Lipinski definition) is 2. The number of hydrogen-bond donors (Lipinski definition) is 1. The van der Waals surface area contributed by atoms with Crippen LogP contribution in [0.1, 0.15) is 33.6 Å². The van der Waals surface area contributed by atoms with Crippen molar-refractivity contribution in [3.05, 3.63) is 0 Å². The highest BCUT2D eigenvalue weighted by atomic mass is 16.3. The van der Waals surface area contributed by atoms with Crippen molar-refractivity contribution in [3.8, 4) is 0 Å². The van der Waals surface area contributed by atoms with E-state index >= 15 is 0 Å². The minimum absolute atomic E-state index is 0.187. The van der Waals surface area contributed by atoms with E-state index in [9.17, 15) is 0 Å². The van der Waals surface area contributed by atoms with Crippen LogP contribution in [0.25, 0.3) is 0 Å². The van der Waals surface area contributed by atoms with Crippen molar-refractivity contribution < 1.29 is 5.11 Å². The molecule has 0 unspecified atom stereocenters. The predicted molar refractivity (Wildman–Crippen MR) is 48.7 cm³/mol. The molecule has 1 atom stereocenters. The van der Waals surface area contributed by atoms with Crippen LogP contribution in [0.15, 0.2) is 0 Å². The Morgan fingerprint density at radius 3 is 1.91 bits per heavy atom. The van der Waals surface area contributed by atoms with Gasteiger partial charge in [-0.25, -0.2) is 0 Å². The second-order valence-electron chi connectivity index (χ2n) is 3.15. The lowest BCUT2D eigenvalue weighted by Gasteiger charge is -2.22. The predicted octanol–water partition coefficient (Wildman–Crippen LogP) is 1.49. The van der Waals surface area contributed by atoms with Crippen LogP contribution in [0.5, 0.6) is 0 Å². The fraction of sp³-hybridized carbons (Fsp3) is 1.00. The third-order valence-corrected chi connectivity index (χ3v) is 1.60. The average Bonchev–Trinajstić information content (AvgIpc) is 1.87. The summed E-state index contributed by atoms with van der Waals surface area (Å²) in [6.07, 6.45) is 2.16. The summed E-state index contributed by atoms with van der Waals surface area (Å²) in [4.78, 5) is 2.31. The Morgan fingerprint density at radius 1 is 1.18 bits per heavy atom. The maximum Gasteiger partial charge on any atom is 0.0639 e. The number of aliphatic hydroxyl groups excluding tert-OH is 1. The summed E-state index contributed by atoms with van der Waals surface area (Å²) in [7, 11) is 0. The van der Waals surface area contributed by atoms with Gasteiger partial charge in [-0.3, -0.25) is 0 Å². The second-order valence-corrected chi connectivity index (χ2v) is 3.15. The highest BCUT2D eigenvalue weighted by Gasteiger charge is 2.04. The van der Waals surface area contributed by atoms with Crippen molar-refractivity contribution in [1.29, 1.82) is 0 Å². The Morgan fingerprint density at radius 2 is 1.64 bits per heavy atom. The van der Waals surface area contributed by atoms with Crippen LogP contribution in [0.3, 0.4) is 0 Å². The van der Waals surface area contributed by atoms with Gasteiger partial charge in [-0.1, -0.05) is 13.8 Å². The molecule has 0 aliphatic rings. The molecule has 0 aromatic rings. The zero-order valence-electron chi connectivity index (χ0n) is 8.01. The second kappa shape index (κ2) is 6.62. The lowest BCUT2D eigenvalue weighted by Crippen LogP contribution is -2.32. The molecule has 2 heteroatoms. The van der Waals surface area contributed by atoms with Crippen molar-refractivity contribution >= 4 is 0 Å². The van der Waals surface area contributed by atoms with Crippen molar-refractivity contribution in [2.24, 2.45) is 0 Å². The van der Waals surface area contributed by atoms with Gasteiger partial charge in [0.2, 0.25) is 0 Å². The molecule has 0 bridgehead atoms. The first-order chi connectivity index (χ1) is 5.20. The monoisotopic (exact) mass is 159 g/mol. The van der Waals surface area contributed by atoms with Gasteiger partial charge in [0, 0.05) is 6.54 Å². The van der Waals surface area contributed by atoms with Crippen LogP contribution in [0, 0.1) is 0 Å². The minimum atomic E-state index is -0.187. The highest BCUT2D eigenvalue weighted by Crippen LogP contribution is 1.95. The van der Waals surface area contributed by atoms with Gasteiger partial charge in [0.15, 0.2) is 0 Å². The largest absolute Gasteiger partial charge is 0.392 e. The fourth-order valence-corrected chi connectivity index (χ4v) is 1.30. The smallest absolute Gasteiger partial charge is 0.0639 e. The van der Waals surface area contributed by atoms with Gasteiger partial charge in [-0.05, 0) is 32.9 Å². The summed E-state index contributed by atoms with van der Waals surface area (Å²) < 4.78 is 0. The molecule has 0 heterocycles. The quantitative estimate of drug-likeness (QED) is 0.634. The normalized spacial score (nSPS) is 13.9. The third kappa shape index (κ3) is 6.32. The van der Waals surface area contributed by atoms with E-state index in [4.69, 9.17) is 5.11 Å². The summed E-state index contributed by atoms with van der Waals surface area (Å²) in [6, 6.07) is 0. The molecule has 0 aromatic carbocycles. The Bertz CT molecular complexity index is 77.6. The van der Waals surface area contributed by atoms with Crippen LogP contribution in [0.4, 0.5) is 0 Å². The van der Waals surface area contributed by atoms with E-state index in [-0.39, 0.29) is 6.10 Å². The molecule has 0 aliphatic carbocycles. The van der Waals surface area contributed by atoms with Crippen molar-refractivity contribution in [2.75, 3.05) is 19.6 Å². The van der Waals surface area contributed by atoms with E-state index in [1.807, 2.05) is 6.92 Å². The van der Waals surface area contributed by atoms with Crippen LogP contribution in [0.2, 0.25) is 0 Å². The fourth-order valence-electron chi connectivity index (χ4n) is 1.30. The van der Waals surface area contributed by atoms with Crippen LogP contribution >= 0.6 is 0 Å². The molecule has 0 saturated carbocycles. The van der Waals surface area contributed by atoms with E-state index in [0.29, 0.717) is 0 Å². The van der Waals surface area contributed by atoms with Gasteiger partial charge in [0.1, 0.15) is 0 Å². The molecule has 0 aromatic heterocycles. The topological polar surface area (TPSA) is 23.5 Å². The van der Waals surface area contributed by atoms with Gasteiger partial charge in [-0.15, -0.1) is 0 Å². The molecule has 1 N–H and O–H groups in total. The first-order valence-electron chi connectivity index (χ1n) is 4.61. The molecule has 68 valence electrons. The van der Waals surface area contributed by atoms with Gasteiger partial charge in [0.05, 0.1) is 6.10 Å². The van der Waals surface area contributed by atoms with E-state index in [1.165, 1.54) is 12.8 Å². The summed E-state index contributed by atoms with van der Waals surface area (Å²) in [5.41, 5.74) is 0. The molecule has 0 rings (SSSR count). The van der Waals surface area contributed by atoms with Gasteiger partial charge < -0.3 is 10.0 Å². The molecule has 0 saturated heterocycles. The third-order valence-electron chi connectivity index (χ3n) is 1.60. The van der Waals surface area contributed by atoms with Crippen molar-refractivity contribution in [2.45, 2.75) is 39.7 Å². The van der Waals surface area contributed by atoms with E-state index in [1.54, 1.807) is 0 Å². The number of aliphatic hydroxyl groups is 1. The van der Waals surface area contributed by atoms with Crippen LogP contribution in [-0.4, -0.2) is 35.7 Å². The highest BCUT2D eigenvalue weighted by molar-refractivity contribution is 4.59. The molecule has 0 spiro atoms. The van der Waals surface area contributed by atoms with Crippen molar-refractivity contribution in [3.63, 3.8) is 0 Å².